The molecule has 1 aromatic rings. The number of anilines is 1. The summed E-state index contributed by atoms with van der Waals surface area (Å²) in [4.78, 5) is 26.0. The Morgan fingerprint density at radius 1 is 1.14 bits per heavy atom. The molecule has 3 heterocycles. The summed E-state index contributed by atoms with van der Waals surface area (Å²) in [7, 11) is -3.42. The number of aromatic nitrogens is 2. The van der Waals surface area contributed by atoms with Gasteiger partial charge >= 0.3 is 0 Å². The van der Waals surface area contributed by atoms with E-state index in [0.29, 0.717) is 30.6 Å². The molecule has 2 saturated heterocycles. The van der Waals surface area contributed by atoms with Crippen molar-refractivity contribution in [2.24, 2.45) is 11.3 Å². The molecule has 0 bridgehead atoms. The molecule has 8 heteroatoms. The molecule has 0 radical (unpaired) electrons. The maximum absolute atomic E-state index is 12.6. The van der Waals surface area contributed by atoms with Gasteiger partial charge in [-0.25, -0.2) is 18.4 Å². The number of piperidine rings is 2. The first-order chi connectivity index (χ1) is 13.5. The molecular weight excluding hydrogens is 388 g/mol. The van der Waals surface area contributed by atoms with Crippen LogP contribution in [-0.4, -0.2) is 61.6 Å². The topological polar surface area (TPSA) is 83.5 Å². The number of nitrogens with zero attached hydrogens (tertiary/aromatic N) is 4. The van der Waals surface area contributed by atoms with E-state index in [-0.39, 0.29) is 16.7 Å². The van der Waals surface area contributed by atoms with Gasteiger partial charge in [0, 0.05) is 43.8 Å². The van der Waals surface area contributed by atoms with Gasteiger partial charge in [-0.15, -0.1) is 0 Å². The second-order valence-electron chi connectivity index (χ2n) is 9.70. The molecule has 0 aliphatic carbocycles. The number of hydrogen-bond acceptors (Lipinski definition) is 6. The van der Waals surface area contributed by atoms with Crippen LogP contribution < -0.4 is 4.90 Å². The predicted octanol–water partition coefficient (Wildman–Crippen LogP) is 2.87. The van der Waals surface area contributed by atoms with E-state index in [1.807, 2.05) is 25.7 Å². The molecule has 0 saturated carbocycles. The highest BCUT2D eigenvalue weighted by atomic mass is 32.2. The molecule has 1 amide bonds. The molecule has 162 valence electrons. The Bertz CT molecular complexity index is 855. The molecule has 2 fully saturated rings. The lowest BCUT2D eigenvalue weighted by atomic mass is 9.89. The van der Waals surface area contributed by atoms with E-state index >= 15 is 0 Å². The summed E-state index contributed by atoms with van der Waals surface area (Å²) in [5.41, 5.74) is 0.219. The minimum Gasteiger partial charge on any atom is -0.342 e. The van der Waals surface area contributed by atoms with Crippen molar-refractivity contribution in [3.05, 3.63) is 11.9 Å². The predicted molar refractivity (Wildman–Crippen MR) is 114 cm³/mol. The quantitative estimate of drug-likeness (QED) is 0.745. The summed E-state index contributed by atoms with van der Waals surface area (Å²) in [6.45, 7) is 11.1. The van der Waals surface area contributed by atoms with Crippen molar-refractivity contribution in [2.45, 2.75) is 64.2 Å². The third-order valence-electron chi connectivity index (χ3n) is 5.92. The lowest BCUT2D eigenvalue weighted by Gasteiger charge is -2.36. The molecular formula is C21H34N4O3S. The van der Waals surface area contributed by atoms with Crippen LogP contribution in [0.3, 0.4) is 0 Å². The first kappa shape index (κ1) is 22.0. The second kappa shape index (κ2) is 8.20. The zero-order chi connectivity index (χ0) is 21.4. The van der Waals surface area contributed by atoms with Crippen molar-refractivity contribution in [3.8, 4) is 0 Å². The molecule has 1 unspecified atom stereocenters. The number of rotatable bonds is 3. The summed E-state index contributed by atoms with van der Waals surface area (Å²) in [5.74, 6) is 1.38. The van der Waals surface area contributed by atoms with Gasteiger partial charge in [0.05, 0.1) is 11.9 Å². The van der Waals surface area contributed by atoms with Crippen LogP contribution >= 0.6 is 0 Å². The van der Waals surface area contributed by atoms with Crippen LogP contribution in [0.15, 0.2) is 11.1 Å². The van der Waals surface area contributed by atoms with Gasteiger partial charge in [0.1, 0.15) is 4.90 Å². The average Bonchev–Trinajstić information content (AvgIpc) is 2.65. The van der Waals surface area contributed by atoms with Crippen LogP contribution in [0.1, 0.15) is 65.0 Å². The van der Waals surface area contributed by atoms with Crippen LogP contribution in [0.2, 0.25) is 0 Å². The third-order valence-corrected chi connectivity index (χ3v) is 7.03. The minimum absolute atomic E-state index is 0.0210. The zero-order valence-corrected chi connectivity index (χ0v) is 19.1. The highest BCUT2D eigenvalue weighted by molar-refractivity contribution is 7.90. The van der Waals surface area contributed by atoms with Gasteiger partial charge in [0.15, 0.2) is 9.84 Å². The van der Waals surface area contributed by atoms with E-state index in [9.17, 15) is 13.2 Å². The maximum atomic E-state index is 12.6. The van der Waals surface area contributed by atoms with Crippen molar-refractivity contribution in [2.75, 3.05) is 37.3 Å². The highest BCUT2D eigenvalue weighted by Gasteiger charge is 2.33. The Hall–Kier alpha value is -1.70. The molecule has 0 spiro atoms. The number of carbonyl (C=O) groups is 1. The minimum atomic E-state index is -3.42. The number of carbonyl (C=O) groups excluding carboxylic acids is 1. The Labute approximate surface area is 174 Å². The molecule has 1 atom stereocenters. The largest absolute Gasteiger partial charge is 0.342 e. The normalized spacial score (nSPS) is 22.0. The maximum Gasteiger partial charge on any atom is 0.227 e. The van der Waals surface area contributed by atoms with Crippen LogP contribution in [0.5, 0.6) is 0 Å². The molecule has 2 aliphatic rings. The molecule has 29 heavy (non-hydrogen) atoms. The Morgan fingerprint density at radius 2 is 1.79 bits per heavy atom. The van der Waals surface area contributed by atoms with Crippen molar-refractivity contribution >= 4 is 21.7 Å². The standard InChI is InChI=1S/C21H34N4O3S/c1-15-7-6-10-25(14-15)20-22-13-17(29(5,27)28)18(23-20)16-8-11-24(12-9-16)19(26)21(2,3)4/h13,15-16H,6-12,14H2,1-5H3. The summed E-state index contributed by atoms with van der Waals surface area (Å²) in [5, 5.41) is 0. The SMILES string of the molecule is CC1CCCN(c2ncc(S(C)(=O)=O)c(C3CCN(C(=O)C(C)(C)C)CC3)n2)C1. The molecule has 0 N–H and O–H groups in total. The fraction of sp³-hybridized carbons (Fsp3) is 0.762. The number of likely N-dealkylation sites (tertiary alicyclic amines) is 1. The van der Waals surface area contributed by atoms with Crippen molar-refractivity contribution in [1.82, 2.24) is 14.9 Å². The molecule has 2 aliphatic heterocycles. The fourth-order valence-corrected chi connectivity index (χ4v) is 5.14. The van der Waals surface area contributed by atoms with Gasteiger partial charge in [-0.3, -0.25) is 4.79 Å². The van der Waals surface area contributed by atoms with E-state index in [1.54, 1.807) is 0 Å². The van der Waals surface area contributed by atoms with Crippen LogP contribution in [0, 0.1) is 11.3 Å². The monoisotopic (exact) mass is 422 g/mol. The van der Waals surface area contributed by atoms with Gasteiger partial charge in [0.25, 0.3) is 0 Å². The molecule has 3 rings (SSSR count). The van der Waals surface area contributed by atoms with E-state index in [2.05, 4.69) is 16.8 Å². The van der Waals surface area contributed by atoms with Gasteiger partial charge in [-0.1, -0.05) is 27.7 Å². The molecule has 1 aromatic heterocycles. The third kappa shape index (κ3) is 5.08. The van der Waals surface area contributed by atoms with Crippen LogP contribution in [0.25, 0.3) is 0 Å². The Kier molecular flexibility index (Phi) is 6.22. The number of sulfone groups is 1. The van der Waals surface area contributed by atoms with Gasteiger partial charge in [-0.2, -0.15) is 0 Å². The summed E-state index contributed by atoms with van der Waals surface area (Å²) in [6.07, 6.45) is 6.44. The van der Waals surface area contributed by atoms with Gasteiger partial charge in [0.2, 0.25) is 11.9 Å². The smallest absolute Gasteiger partial charge is 0.227 e. The van der Waals surface area contributed by atoms with Crippen molar-refractivity contribution in [1.29, 1.82) is 0 Å². The first-order valence-corrected chi connectivity index (χ1v) is 12.5. The van der Waals surface area contributed by atoms with Gasteiger partial charge < -0.3 is 9.80 Å². The lowest BCUT2D eigenvalue weighted by molar-refractivity contribution is -0.140. The lowest BCUT2D eigenvalue weighted by Crippen LogP contribution is -2.44. The number of amides is 1. The summed E-state index contributed by atoms with van der Waals surface area (Å²) >= 11 is 0. The van der Waals surface area contributed by atoms with Crippen LogP contribution in [-0.2, 0) is 14.6 Å². The van der Waals surface area contributed by atoms with E-state index < -0.39 is 15.3 Å². The first-order valence-electron chi connectivity index (χ1n) is 10.6. The van der Waals surface area contributed by atoms with Crippen LogP contribution in [0.4, 0.5) is 5.95 Å². The van der Waals surface area contributed by atoms with E-state index in [1.165, 1.54) is 18.9 Å². The van der Waals surface area contributed by atoms with E-state index in [4.69, 9.17) is 4.98 Å². The molecule has 0 aromatic carbocycles. The fourth-order valence-electron chi connectivity index (χ4n) is 4.31. The Morgan fingerprint density at radius 3 is 2.34 bits per heavy atom. The highest BCUT2D eigenvalue weighted by Crippen LogP contribution is 2.33. The summed E-state index contributed by atoms with van der Waals surface area (Å²) in [6, 6.07) is 0. The number of hydrogen-bond donors (Lipinski definition) is 0. The van der Waals surface area contributed by atoms with Gasteiger partial charge in [-0.05, 0) is 31.6 Å². The molecule has 7 nitrogen and oxygen atoms in total. The van der Waals surface area contributed by atoms with E-state index in [0.717, 1.165) is 32.4 Å². The zero-order valence-electron chi connectivity index (χ0n) is 18.3. The average molecular weight is 423 g/mol. The second-order valence-corrected chi connectivity index (χ2v) is 11.7. The Balaban J connectivity index is 1.85. The van der Waals surface area contributed by atoms with Crippen molar-refractivity contribution in [3.63, 3.8) is 0 Å². The summed E-state index contributed by atoms with van der Waals surface area (Å²) < 4.78 is 24.8. The van der Waals surface area contributed by atoms with Crippen molar-refractivity contribution < 1.29 is 13.2 Å².